The van der Waals surface area contributed by atoms with Gasteiger partial charge in [0.25, 0.3) is 5.91 Å². The van der Waals surface area contributed by atoms with Crippen molar-refractivity contribution in [3.05, 3.63) is 34.8 Å². The number of nitrogens with one attached hydrogen (secondary N) is 2. The Morgan fingerprint density at radius 1 is 1.39 bits per heavy atom. The maximum absolute atomic E-state index is 12.2. The van der Waals surface area contributed by atoms with Gasteiger partial charge in [-0.25, -0.2) is 13.1 Å². The summed E-state index contributed by atoms with van der Waals surface area (Å²) < 4.78 is 30.2. The summed E-state index contributed by atoms with van der Waals surface area (Å²) in [6.07, 6.45) is 0.594. The van der Waals surface area contributed by atoms with Crippen LogP contribution in [0.25, 0.3) is 0 Å². The normalized spacial score (nSPS) is 11.4. The summed E-state index contributed by atoms with van der Waals surface area (Å²) in [7, 11) is -3.65. The molecule has 124 valence electrons. The van der Waals surface area contributed by atoms with Crippen LogP contribution in [-0.2, 0) is 16.4 Å². The highest BCUT2D eigenvalue weighted by Crippen LogP contribution is 2.18. The predicted octanol–water partition coefficient (Wildman–Crippen LogP) is 0.590. The first-order chi connectivity index (χ1) is 11.0. The van der Waals surface area contributed by atoms with Crippen LogP contribution in [0.3, 0.4) is 0 Å². The summed E-state index contributed by atoms with van der Waals surface area (Å²) in [6, 6.07) is 6.00. The topological polar surface area (TPSA) is 127 Å². The van der Waals surface area contributed by atoms with Crippen LogP contribution in [0.1, 0.15) is 22.3 Å². The fourth-order valence-corrected chi connectivity index (χ4v) is 3.56. The molecule has 0 saturated heterocycles. The fraction of sp³-hybridized carbons (Fsp3) is 0.308. The molecular formula is C13H17N5O3S2. The van der Waals surface area contributed by atoms with Crippen LogP contribution >= 0.6 is 11.5 Å². The molecule has 1 aromatic carbocycles. The zero-order valence-corrected chi connectivity index (χ0v) is 14.1. The Balaban J connectivity index is 2.19. The van der Waals surface area contributed by atoms with Crippen molar-refractivity contribution in [2.45, 2.75) is 18.2 Å². The second-order valence-electron chi connectivity index (χ2n) is 4.57. The second-order valence-corrected chi connectivity index (χ2v) is 7.09. The van der Waals surface area contributed by atoms with Gasteiger partial charge < -0.3 is 11.1 Å². The number of aryl methyl sites for hydroxylation is 1. The average molecular weight is 355 g/mol. The van der Waals surface area contributed by atoms with E-state index in [9.17, 15) is 13.2 Å². The molecule has 0 fully saturated rings. The van der Waals surface area contributed by atoms with Crippen LogP contribution < -0.4 is 15.8 Å². The third kappa shape index (κ3) is 4.32. The number of benzene rings is 1. The maximum atomic E-state index is 12.2. The lowest BCUT2D eigenvalue weighted by Gasteiger charge is -2.08. The molecular weight excluding hydrogens is 338 g/mol. The van der Waals surface area contributed by atoms with E-state index in [1.807, 2.05) is 6.92 Å². The highest BCUT2D eigenvalue weighted by atomic mass is 32.2. The van der Waals surface area contributed by atoms with Gasteiger partial charge in [-0.2, -0.15) is 0 Å². The smallest absolute Gasteiger partial charge is 0.269 e. The fourth-order valence-electron chi connectivity index (χ4n) is 1.82. The number of carbonyl (C=O) groups is 1. The standard InChI is InChI=1S/C13H17N5O3S2/c1-2-11-12(22-18-17-11)13(19)16-9-4-3-5-10(8-9)23(20,21)15-7-6-14/h3-5,8,15H,2,6-7,14H2,1H3,(H,16,19). The highest BCUT2D eigenvalue weighted by molar-refractivity contribution is 7.89. The Morgan fingerprint density at radius 2 is 2.17 bits per heavy atom. The number of aromatic nitrogens is 2. The molecule has 1 aromatic heterocycles. The molecule has 23 heavy (non-hydrogen) atoms. The van der Waals surface area contributed by atoms with Crippen molar-refractivity contribution in [2.24, 2.45) is 5.73 Å². The van der Waals surface area contributed by atoms with Crippen molar-refractivity contribution in [2.75, 3.05) is 18.4 Å². The van der Waals surface area contributed by atoms with Gasteiger partial charge in [0.2, 0.25) is 10.0 Å². The van der Waals surface area contributed by atoms with Crippen LogP contribution in [0, 0.1) is 0 Å². The molecule has 0 aliphatic heterocycles. The van der Waals surface area contributed by atoms with Gasteiger partial charge in [0.05, 0.1) is 10.6 Å². The Kier molecular flexibility index (Phi) is 5.77. The maximum Gasteiger partial charge on any atom is 0.269 e. The Labute approximate surface area is 138 Å². The molecule has 0 aliphatic rings. The van der Waals surface area contributed by atoms with E-state index in [1.165, 1.54) is 12.1 Å². The number of carbonyl (C=O) groups excluding carboxylic acids is 1. The zero-order valence-electron chi connectivity index (χ0n) is 12.4. The molecule has 0 unspecified atom stereocenters. The number of hydrogen-bond acceptors (Lipinski definition) is 7. The highest BCUT2D eigenvalue weighted by Gasteiger charge is 2.17. The summed E-state index contributed by atoms with van der Waals surface area (Å²) in [5, 5.41) is 6.54. The first kappa shape index (κ1) is 17.5. The molecule has 0 bridgehead atoms. The van der Waals surface area contributed by atoms with Crippen LogP contribution in [0.15, 0.2) is 29.2 Å². The van der Waals surface area contributed by atoms with E-state index in [2.05, 4.69) is 19.6 Å². The van der Waals surface area contributed by atoms with Crippen molar-refractivity contribution >= 4 is 33.2 Å². The van der Waals surface area contributed by atoms with Gasteiger partial charge in [0.1, 0.15) is 4.88 Å². The molecule has 0 spiro atoms. The van der Waals surface area contributed by atoms with Crippen molar-refractivity contribution in [1.29, 1.82) is 0 Å². The van der Waals surface area contributed by atoms with Gasteiger partial charge in [-0.15, -0.1) is 5.10 Å². The van der Waals surface area contributed by atoms with E-state index in [4.69, 9.17) is 5.73 Å². The number of nitrogens with two attached hydrogens (primary N) is 1. The molecule has 10 heteroatoms. The second kappa shape index (κ2) is 7.59. The first-order valence-electron chi connectivity index (χ1n) is 6.90. The zero-order chi connectivity index (χ0) is 16.9. The molecule has 1 amide bonds. The van der Waals surface area contributed by atoms with Crippen molar-refractivity contribution < 1.29 is 13.2 Å². The Hall–Kier alpha value is -1.88. The van der Waals surface area contributed by atoms with E-state index < -0.39 is 10.0 Å². The van der Waals surface area contributed by atoms with Crippen molar-refractivity contribution in [3.8, 4) is 0 Å². The van der Waals surface area contributed by atoms with Crippen LogP contribution in [-0.4, -0.2) is 37.0 Å². The lowest BCUT2D eigenvalue weighted by molar-refractivity contribution is 0.102. The monoisotopic (exact) mass is 355 g/mol. The van der Waals surface area contributed by atoms with Crippen LogP contribution in [0.5, 0.6) is 0 Å². The third-order valence-electron chi connectivity index (χ3n) is 2.94. The van der Waals surface area contributed by atoms with E-state index >= 15 is 0 Å². The number of sulfonamides is 1. The molecule has 2 rings (SSSR count). The van der Waals surface area contributed by atoms with Crippen LogP contribution in [0.2, 0.25) is 0 Å². The molecule has 1 heterocycles. The van der Waals surface area contributed by atoms with Gasteiger partial charge in [0, 0.05) is 18.8 Å². The lowest BCUT2D eigenvalue weighted by atomic mass is 10.2. The molecule has 0 aliphatic carbocycles. The van der Waals surface area contributed by atoms with E-state index in [1.54, 1.807) is 12.1 Å². The van der Waals surface area contributed by atoms with Gasteiger partial charge in [0.15, 0.2) is 0 Å². The largest absolute Gasteiger partial charge is 0.329 e. The van der Waals surface area contributed by atoms with Crippen LogP contribution in [0.4, 0.5) is 5.69 Å². The van der Waals surface area contributed by atoms with Gasteiger partial charge in [-0.3, -0.25) is 4.79 Å². The molecule has 2 aromatic rings. The molecule has 8 nitrogen and oxygen atoms in total. The summed E-state index contributed by atoms with van der Waals surface area (Å²) in [5.74, 6) is -0.360. The Bertz CT molecular complexity index is 788. The SMILES string of the molecule is CCc1nnsc1C(=O)Nc1cccc(S(=O)(=O)NCCN)c1. The summed E-state index contributed by atoms with van der Waals surface area (Å²) in [4.78, 5) is 12.7. The van der Waals surface area contributed by atoms with Gasteiger partial charge in [-0.1, -0.05) is 17.5 Å². The minimum atomic E-state index is -3.65. The minimum Gasteiger partial charge on any atom is -0.329 e. The van der Waals surface area contributed by atoms with Gasteiger partial charge >= 0.3 is 0 Å². The Morgan fingerprint density at radius 3 is 2.87 bits per heavy atom. The number of hydrogen-bond donors (Lipinski definition) is 3. The van der Waals surface area contributed by atoms with E-state index in [-0.39, 0.29) is 23.9 Å². The van der Waals surface area contributed by atoms with Gasteiger partial charge in [-0.05, 0) is 36.2 Å². The molecule has 0 radical (unpaired) electrons. The first-order valence-corrected chi connectivity index (χ1v) is 9.16. The summed E-state index contributed by atoms with van der Waals surface area (Å²) in [6.45, 7) is 2.23. The average Bonchev–Trinajstić information content (AvgIpc) is 3.02. The number of amides is 1. The molecule has 0 saturated carbocycles. The minimum absolute atomic E-state index is 0.0573. The van der Waals surface area contributed by atoms with E-state index in [0.29, 0.717) is 22.7 Å². The quantitative estimate of drug-likeness (QED) is 0.667. The van der Waals surface area contributed by atoms with E-state index in [0.717, 1.165) is 11.5 Å². The summed E-state index contributed by atoms with van der Waals surface area (Å²) >= 11 is 1.00. The van der Waals surface area contributed by atoms with Crippen molar-refractivity contribution in [3.63, 3.8) is 0 Å². The lowest BCUT2D eigenvalue weighted by Crippen LogP contribution is -2.29. The molecule has 0 atom stereocenters. The number of anilines is 1. The third-order valence-corrected chi connectivity index (χ3v) is 5.16. The molecule has 4 N–H and O–H groups in total. The van der Waals surface area contributed by atoms with Crippen molar-refractivity contribution in [1.82, 2.24) is 14.3 Å². The summed E-state index contributed by atoms with van der Waals surface area (Å²) in [5.41, 5.74) is 6.28. The predicted molar refractivity (Wildman–Crippen MR) is 87.9 cm³/mol. The number of rotatable bonds is 7. The number of nitrogens with zero attached hydrogens (tertiary/aromatic N) is 2.